The first-order valence-electron chi connectivity index (χ1n) is 9.40. The summed E-state index contributed by atoms with van der Waals surface area (Å²) in [5.41, 5.74) is 1.84. The Bertz CT molecular complexity index is 824. The van der Waals surface area contributed by atoms with Crippen LogP contribution in [0.2, 0.25) is 0 Å². The molecule has 2 heterocycles. The topological polar surface area (TPSA) is 20.3 Å². The smallest absolute Gasteiger partial charge is 0.174 e. The molecule has 1 saturated carbocycles. The molecule has 2 aliphatic heterocycles. The van der Waals surface area contributed by atoms with Gasteiger partial charge in [0, 0.05) is 21.9 Å². The number of carbonyl (C=O) groups is 1. The number of likely N-dealkylation sites (tertiary alicyclic amines) is 1. The van der Waals surface area contributed by atoms with E-state index in [1.54, 1.807) is 11.8 Å². The number of nitrogens with zero attached hydrogens (tertiary/aromatic N) is 1. The zero-order valence-corrected chi connectivity index (χ0v) is 17.3. The highest BCUT2D eigenvalue weighted by atomic mass is 79.9. The lowest BCUT2D eigenvalue weighted by Crippen LogP contribution is -2.47. The van der Waals surface area contributed by atoms with E-state index < -0.39 is 0 Å². The standard InChI is InChI=1S/C22H23NOS.BrH/c24-21-17-5-1-3-7-19(17)25-20-8-4-2-6-18(20)22(21)11-13-23(14-12-22)15-16-9-10-16;/h1-8,16H,9-15H2;1H. The van der Waals surface area contributed by atoms with Crippen LogP contribution in [0.1, 0.15) is 41.6 Å². The average Bonchev–Trinajstić information content (AvgIpc) is 3.47. The summed E-state index contributed by atoms with van der Waals surface area (Å²) < 4.78 is 0. The molecule has 0 atom stereocenters. The monoisotopic (exact) mass is 429 g/mol. The van der Waals surface area contributed by atoms with E-state index in [0.717, 1.165) is 42.3 Å². The highest BCUT2D eigenvalue weighted by Gasteiger charge is 2.46. The van der Waals surface area contributed by atoms with Crippen LogP contribution >= 0.6 is 28.7 Å². The first kappa shape index (κ1) is 18.3. The number of piperidine rings is 1. The van der Waals surface area contributed by atoms with Crippen LogP contribution in [-0.2, 0) is 5.41 Å². The van der Waals surface area contributed by atoms with Crippen molar-refractivity contribution in [2.24, 2.45) is 5.92 Å². The molecule has 26 heavy (non-hydrogen) atoms. The number of Topliss-reactive ketones (excluding diaryl/α,β-unsaturated/α-hetero) is 1. The van der Waals surface area contributed by atoms with Crippen LogP contribution in [0.15, 0.2) is 58.3 Å². The van der Waals surface area contributed by atoms with Crippen LogP contribution in [-0.4, -0.2) is 30.3 Å². The summed E-state index contributed by atoms with van der Waals surface area (Å²) >= 11 is 1.76. The maximum absolute atomic E-state index is 13.7. The van der Waals surface area contributed by atoms with Crippen molar-refractivity contribution in [2.75, 3.05) is 19.6 Å². The van der Waals surface area contributed by atoms with Crippen molar-refractivity contribution in [3.63, 3.8) is 0 Å². The van der Waals surface area contributed by atoms with Gasteiger partial charge in [-0.2, -0.15) is 0 Å². The average molecular weight is 430 g/mol. The normalized spacial score (nSPS) is 21.5. The molecule has 3 aliphatic rings. The molecule has 2 fully saturated rings. The van der Waals surface area contributed by atoms with Gasteiger partial charge in [0.25, 0.3) is 0 Å². The van der Waals surface area contributed by atoms with Gasteiger partial charge in [0.05, 0.1) is 5.41 Å². The lowest BCUT2D eigenvalue weighted by molar-refractivity contribution is 0.0760. The van der Waals surface area contributed by atoms with E-state index in [1.165, 1.54) is 29.8 Å². The molecule has 2 nitrogen and oxygen atoms in total. The predicted octanol–water partition coefficient (Wildman–Crippen LogP) is 5.36. The van der Waals surface area contributed by atoms with E-state index in [-0.39, 0.29) is 22.4 Å². The van der Waals surface area contributed by atoms with E-state index in [2.05, 4.69) is 35.2 Å². The molecule has 2 aromatic carbocycles. The number of hydrogen-bond donors (Lipinski definition) is 0. The van der Waals surface area contributed by atoms with Crippen LogP contribution in [0, 0.1) is 5.92 Å². The van der Waals surface area contributed by atoms with Gasteiger partial charge in [-0.05, 0) is 62.4 Å². The van der Waals surface area contributed by atoms with E-state index in [9.17, 15) is 4.79 Å². The van der Waals surface area contributed by atoms with Crippen LogP contribution in [0.25, 0.3) is 0 Å². The molecule has 136 valence electrons. The second-order valence-electron chi connectivity index (χ2n) is 7.75. The molecule has 4 heteroatoms. The fourth-order valence-electron chi connectivity index (χ4n) is 4.47. The maximum Gasteiger partial charge on any atom is 0.174 e. The molecule has 1 saturated heterocycles. The predicted molar refractivity (Wildman–Crippen MR) is 112 cm³/mol. The van der Waals surface area contributed by atoms with E-state index in [1.807, 2.05) is 18.2 Å². The summed E-state index contributed by atoms with van der Waals surface area (Å²) in [5.74, 6) is 1.26. The molecule has 0 N–H and O–H groups in total. The van der Waals surface area contributed by atoms with Gasteiger partial charge in [0.2, 0.25) is 0 Å². The Morgan fingerprint density at radius 3 is 2.35 bits per heavy atom. The number of hydrogen-bond acceptors (Lipinski definition) is 3. The minimum Gasteiger partial charge on any atom is -0.303 e. The Morgan fingerprint density at radius 2 is 1.62 bits per heavy atom. The molecule has 2 aromatic rings. The molecule has 0 radical (unpaired) electrons. The third-order valence-electron chi connectivity index (χ3n) is 6.11. The maximum atomic E-state index is 13.7. The van der Waals surface area contributed by atoms with Crippen molar-refractivity contribution < 1.29 is 4.79 Å². The van der Waals surface area contributed by atoms with Crippen LogP contribution in [0.3, 0.4) is 0 Å². The summed E-state index contributed by atoms with van der Waals surface area (Å²) in [4.78, 5) is 18.6. The molecule has 0 amide bonds. The Labute approximate surface area is 170 Å². The molecule has 5 rings (SSSR count). The summed E-state index contributed by atoms with van der Waals surface area (Å²) in [5, 5.41) is 0. The first-order valence-corrected chi connectivity index (χ1v) is 10.2. The summed E-state index contributed by atoms with van der Waals surface area (Å²) in [7, 11) is 0. The zero-order valence-electron chi connectivity index (χ0n) is 14.8. The van der Waals surface area contributed by atoms with Gasteiger partial charge in [-0.15, -0.1) is 17.0 Å². The second-order valence-corrected chi connectivity index (χ2v) is 8.83. The fraction of sp³-hybridized carbons (Fsp3) is 0.409. The van der Waals surface area contributed by atoms with Gasteiger partial charge in [0.15, 0.2) is 5.78 Å². The Balaban J connectivity index is 0.00000168. The largest absolute Gasteiger partial charge is 0.303 e. The van der Waals surface area contributed by atoms with E-state index >= 15 is 0 Å². The van der Waals surface area contributed by atoms with Gasteiger partial charge in [-0.25, -0.2) is 0 Å². The molecule has 1 aliphatic carbocycles. The lowest BCUT2D eigenvalue weighted by atomic mass is 9.68. The quantitative estimate of drug-likeness (QED) is 0.640. The van der Waals surface area contributed by atoms with Gasteiger partial charge < -0.3 is 4.90 Å². The molecule has 0 aromatic heterocycles. The minimum absolute atomic E-state index is 0. The Morgan fingerprint density at radius 1 is 0.962 bits per heavy atom. The van der Waals surface area contributed by atoms with Crippen molar-refractivity contribution >= 4 is 34.5 Å². The third kappa shape index (κ3) is 3.06. The number of ketones is 1. The molecule has 0 bridgehead atoms. The molecular formula is C22H24BrNOS. The van der Waals surface area contributed by atoms with Crippen LogP contribution in [0.4, 0.5) is 0 Å². The van der Waals surface area contributed by atoms with Crippen molar-refractivity contribution in [3.8, 4) is 0 Å². The van der Waals surface area contributed by atoms with Crippen molar-refractivity contribution in [3.05, 3.63) is 59.7 Å². The number of benzene rings is 2. The number of fused-ring (bicyclic) bond motifs is 3. The summed E-state index contributed by atoms with van der Waals surface area (Å²) in [6, 6.07) is 16.7. The molecule has 0 unspecified atom stereocenters. The SMILES string of the molecule is Br.O=C1c2ccccc2Sc2ccccc2C12CCN(CC1CC1)CC2. The second kappa shape index (κ2) is 7.14. The summed E-state index contributed by atoms with van der Waals surface area (Å²) in [6.07, 6.45) is 4.69. The van der Waals surface area contributed by atoms with Gasteiger partial charge in [0.1, 0.15) is 0 Å². The number of halogens is 1. The van der Waals surface area contributed by atoms with Crippen LogP contribution in [0.5, 0.6) is 0 Å². The first-order chi connectivity index (χ1) is 12.3. The highest BCUT2D eigenvalue weighted by molar-refractivity contribution is 8.93. The minimum atomic E-state index is -0.337. The van der Waals surface area contributed by atoms with Gasteiger partial charge in [-0.1, -0.05) is 48.2 Å². The fourth-order valence-corrected chi connectivity index (χ4v) is 5.65. The number of rotatable bonds is 2. The highest BCUT2D eigenvalue weighted by Crippen LogP contribution is 2.49. The van der Waals surface area contributed by atoms with Crippen molar-refractivity contribution in [2.45, 2.75) is 40.9 Å². The van der Waals surface area contributed by atoms with Gasteiger partial charge >= 0.3 is 0 Å². The van der Waals surface area contributed by atoms with Crippen molar-refractivity contribution in [1.82, 2.24) is 4.90 Å². The lowest BCUT2D eigenvalue weighted by Gasteiger charge is -2.41. The molecular weight excluding hydrogens is 406 g/mol. The van der Waals surface area contributed by atoms with Crippen LogP contribution < -0.4 is 0 Å². The summed E-state index contributed by atoms with van der Waals surface area (Å²) in [6.45, 7) is 3.32. The van der Waals surface area contributed by atoms with E-state index in [0.29, 0.717) is 5.78 Å². The number of carbonyl (C=O) groups excluding carboxylic acids is 1. The third-order valence-corrected chi connectivity index (χ3v) is 7.26. The van der Waals surface area contributed by atoms with E-state index in [4.69, 9.17) is 0 Å². The Hall–Kier alpha value is -1.10. The zero-order chi connectivity index (χ0) is 16.9. The van der Waals surface area contributed by atoms with Crippen molar-refractivity contribution in [1.29, 1.82) is 0 Å². The molecule has 1 spiro atoms. The van der Waals surface area contributed by atoms with Gasteiger partial charge in [-0.3, -0.25) is 4.79 Å². The Kier molecular flexibility index (Phi) is 5.02.